The van der Waals surface area contributed by atoms with Crippen LogP contribution < -0.4 is 5.32 Å². The Hall–Kier alpha value is -1.09. The van der Waals surface area contributed by atoms with Crippen LogP contribution in [-0.4, -0.2) is 16.6 Å². The number of aromatic nitrogens is 1. The molecule has 0 bridgehead atoms. The second kappa shape index (κ2) is 3.93. The lowest BCUT2D eigenvalue weighted by Gasteiger charge is -2.02. The van der Waals surface area contributed by atoms with Crippen LogP contribution in [0.5, 0.6) is 0 Å². The predicted molar refractivity (Wildman–Crippen MR) is 44.3 cm³/mol. The lowest BCUT2D eigenvalue weighted by atomic mass is 10.3. The van der Waals surface area contributed by atoms with Gasteiger partial charge in [0, 0.05) is 6.54 Å². The first-order chi connectivity index (χ1) is 5.36. The van der Waals surface area contributed by atoms with E-state index in [1.165, 1.54) is 0 Å². The van der Waals surface area contributed by atoms with Crippen LogP contribution in [0.3, 0.4) is 0 Å². The van der Waals surface area contributed by atoms with E-state index in [9.17, 15) is 0 Å². The predicted octanol–water partition coefficient (Wildman–Crippen LogP) is 1.01. The van der Waals surface area contributed by atoms with E-state index in [4.69, 9.17) is 5.11 Å². The molecule has 1 aromatic heterocycles. The van der Waals surface area contributed by atoms with Gasteiger partial charge in [-0.3, -0.25) is 0 Å². The average Bonchev–Trinajstić information content (AvgIpc) is 2.06. The summed E-state index contributed by atoms with van der Waals surface area (Å²) in [6, 6.07) is 5.54. The van der Waals surface area contributed by atoms with Gasteiger partial charge in [0.25, 0.3) is 0 Å². The number of hydrogen-bond donors (Lipinski definition) is 2. The Balaban J connectivity index is 2.74. The van der Waals surface area contributed by atoms with Crippen molar-refractivity contribution in [3.8, 4) is 0 Å². The van der Waals surface area contributed by atoms with E-state index in [-0.39, 0.29) is 6.61 Å². The SMILES string of the molecule is CCNc1cccc(CO)n1. The number of aliphatic hydroxyl groups is 1. The topological polar surface area (TPSA) is 45.1 Å². The summed E-state index contributed by atoms with van der Waals surface area (Å²) < 4.78 is 0. The third kappa shape index (κ3) is 2.20. The van der Waals surface area contributed by atoms with E-state index in [1.54, 1.807) is 6.07 Å². The van der Waals surface area contributed by atoms with Gasteiger partial charge in [-0.05, 0) is 19.1 Å². The highest BCUT2D eigenvalue weighted by Gasteiger charge is 1.92. The zero-order valence-corrected chi connectivity index (χ0v) is 6.54. The molecule has 0 aliphatic heterocycles. The molecule has 0 saturated heterocycles. The number of aliphatic hydroxyl groups excluding tert-OH is 1. The quantitative estimate of drug-likeness (QED) is 0.679. The molecule has 1 heterocycles. The van der Waals surface area contributed by atoms with Crippen LogP contribution in [0, 0.1) is 0 Å². The van der Waals surface area contributed by atoms with Crippen LogP contribution in [0.4, 0.5) is 5.82 Å². The maximum Gasteiger partial charge on any atom is 0.126 e. The van der Waals surface area contributed by atoms with Crippen LogP contribution in [-0.2, 0) is 6.61 Å². The second-order valence-electron chi connectivity index (χ2n) is 2.20. The monoisotopic (exact) mass is 152 g/mol. The molecule has 0 aliphatic rings. The van der Waals surface area contributed by atoms with Gasteiger partial charge in [0.05, 0.1) is 12.3 Å². The lowest BCUT2D eigenvalue weighted by Crippen LogP contribution is -2.00. The maximum atomic E-state index is 8.74. The number of nitrogens with zero attached hydrogens (tertiary/aromatic N) is 1. The van der Waals surface area contributed by atoms with Crippen molar-refractivity contribution < 1.29 is 5.11 Å². The van der Waals surface area contributed by atoms with E-state index < -0.39 is 0 Å². The molecule has 0 unspecified atom stereocenters. The van der Waals surface area contributed by atoms with Crippen LogP contribution in [0.2, 0.25) is 0 Å². The Morgan fingerprint density at radius 2 is 2.36 bits per heavy atom. The molecule has 11 heavy (non-hydrogen) atoms. The first-order valence-corrected chi connectivity index (χ1v) is 3.67. The Bertz CT molecular complexity index is 225. The Kier molecular flexibility index (Phi) is 2.86. The summed E-state index contributed by atoms with van der Waals surface area (Å²) in [5.41, 5.74) is 0.698. The van der Waals surface area contributed by atoms with Gasteiger partial charge in [-0.25, -0.2) is 4.98 Å². The van der Waals surface area contributed by atoms with Crippen LogP contribution in [0.15, 0.2) is 18.2 Å². The summed E-state index contributed by atoms with van der Waals surface area (Å²) in [6.45, 7) is 2.86. The molecule has 0 radical (unpaired) electrons. The number of nitrogens with one attached hydrogen (secondary N) is 1. The van der Waals surface area contributed by atoms with Crippen molar-refractivity contribution in [3.63, 3.8) is 0 Å². The molecule has 2 N–H and O–H groups in total. The Labute approximate surface area is 66.1 Å². The zero-order chi connectivity index (χ0) is 8.10. The van der Waals surface area contributed by atoms with Crippen molar-refractivity contribution in [2.75, 3.05) is 11.9 Å². The highest BCUT2D eigenvalue weighted by molar-refractivity contribution is 5.34. The lowest BCUT2D eigenvalue weighted by molar-refractivity contribution is 0.277. The molecular formula is C8H12N2O. The Morgan fingerprint density at radius 3 is 3.00 bits per heavy atom. The van der Waals surface area contributed by atoms with Crippen molar-refractivity contribution in [2.45, 2.75) is 13.5 Å². The van der Waals surface area contributed by atoms with E-state index in [0.29, 0.717) is 5.69 Å². The molecule has 0 saturated carbocycles. The molecular weight excluding hydrogens is 140 g/mol. The summed E-state index contributed by atoms with van der Waals surface area (Å²) in [6.07, 6.45) is 0. The molecule has 0 fully saturated rings. The van der Waals surface area contributed by atoms with E-state index in [1.807, 2.05) is 19.1 Å². The number of rotatable bonds is 3. The van der Waals surface area contributed by atoms with Gasteiger partial charge < -0.3 is 10.4 Å². The smallest absolute Gasteiger partial charge is 0.126 e. The van der Waals surface area contributed by atoms with Gasteiger partial charge in [-0.1, -0.05) is 6.07 Å². The fourth-order valence-electron chi connectivity index (χ4n) is 0.847. The fourth-order valence-corrected chi connectivity index (χ4v) is 0.847. The molecule has 3 nitrogen and oxygen atoms in total. The zero-order valence-electron chi connectivity index (χ0n) is 6.54. The summed E-state index contributed by atoms with van der Waals surface area (Å²) >= 11 is 0. The first kappa shape index (κ1) is 8.01. The van der Waals surface area contributed by atoms with Gasteiger partial charge in [0.15, 0.2) is 0 Å². The molecule has 0 aliphatic carbocycles. The highest BCUT2D eigenvalue weighted by atomic mass is 16.3. The van der Waals surface area contributed by atoms with Gasteiger partial charge in [-0.2, -0.15) is 0 Å². The largest absolute Gasteiger partial charge is 0.390 e. The third-order valence-corrected chi connectivity index (χ3v) is 1.33. The summed E-state index contributed by atoms with van der Waals surface area (Å²) in [7, 11) is 0. The molecule has 1 rings (SSSR count). The maximum absolute atomic E-state index is 8.74. The van der Waals surface area contributed by atoms with Gasteiger partial charge in [-0.15, -0.1) is 0 Å². The molecule has 1 aromatic rings. The summed E-state index contributed by atoms with van der Waals surface area (Å²) in [4.78, 5) is 4.12. The molecule has 3 heteroatoms. The van der Waals surface area contributed by atoms with E-state index in [2.05, 4.69) is 10.3 Å². The Morgan fingerprint density at radius 1 is 1.55 bits per heavy atom. The second-order valence-corrected chi connectivity index (χ2v) is 2.20. The van der Waals surface area contributed by atoms with Crippen LogP contribution in [0.1, 0.15) is 12.6 Å². The normalized spacial score (nSPS) is 9.64. The van der Waals surface area contributed by atoms with Crippen molar-refractivity contribution in [3.05, 3.63) is 23.9 Å². The van der Waals surface area contributed by atoms with Gasteiger partial charge in [0.1, 0.15) is 5.82 Å². The minimum absolute atomic E-state index is 0.000760. The van der Waals surface area contributed by atoms with Crippen molar-refractivity contribution in [1.82, 2.24) is 4.98 Å². The minimum Gasteiger partial charge on any atom is -0.390 e. The van der Waals surface area contributed by atoms with Crippen molar-refractivity contribution in [1.29, 1.82) is 0 Å². The average molecular weight is 152 g/mol. The molecule has 0 aromatic carbocycles. The molecule has 60 valence electrons. The standard InChI is InChI=1S/C8H12N2O/c1-2-9-8-5-3-4-7(6-11)10-8/h3-5,11H,2,6H2,1H3,(H,9,10). The van der Waals surface area contributed by atoms with E-state index >= 15 is 0 Å². The number of pyridine rings is 1. The highest BCUT2D eigenvalue weighted by Crippen LogP contribution is 2.03. The molecule has 0 spiro atoms. The third-order valence-electron chi connectivity index (χ3n) is 1.33. The molecule has 0 amide bonds. The first-order valence-electron chi connectivity index (χ1n) is 3.67. The van der Waals surface area contributed by atoms with Crippen molar-refractivity contribution in [2.24, 2.45) is 0 Å². The van der Waals surface area contributed by atoms with E-state index in [0.717, 1.165) is 12.4 Å². The van der Waals surface area contributed by atoms with Crippen LogP contribution in [0.25, 0.3) is 0 Å². The minimum atomic E-state index is -0.000760. The number of hydrogen-bond acceptors (Lipinski definition) is 3. The fraction of sp³-hybridized carbons (Fsp3) is 0.375. The van der Waals surface area contributed by atoms with Gasteiger partial charge >= 0.3 is 0 Å². The molecule has 0 atom stereocenters. The van der Waals surface area contributed by atoms with Crippen molar-refractivity contribution >= 4 is 5.82 Å². The van der Waals surface area contributed by atoms with Gasteiger partial charge in [0.2, 0.25) is 0 Å². The summed E-state index contributed by atoms with van der Waals surface area (Å²) in [5, 5.41) is 11.8. The van der Waals surface area contributed by atoms with Crippen LogP contribution >= 0.6 is 0 Å². The summed E-state index contributed by atoms with van der Waals surface area (Å²) in [5.74, 6) is 0.819. The number of anilines is 1.